The first kappa shape index (κ1) is 19.6. The zero-order chi connectivity index (χ0) is 18.6. The van der Waals surface area contributed by atoms with Crippen LogP contribution in [0.5, 0.6) is 0 Å². The van der Waals surface area contributed by atoms with E-state index in [1.807, 2.05) is 13.8 Å². The second-order valence-electron chi connectivity index (χ2n) is 5.21. The van der Waals surface area contributed by atoms with E-state index >= 15 is 0 Å². The van der Waals surface area contributed by atoms with Crippen LogP contribution in [0.2, 0.25) is 10.0 Å². The molecule has 0 atom stereocenters. The van der Waals surface area contributed by atoms with Gasteiger partial charge in [0.05, 0.1) is 10.0 Å². The molecule has 0 fully saturated rings. The number of nitrogens with zero attached hydrogens (tertiary/aromatic N) is 1. The maximum absolute atomic E-state index is 12.5. The summed E-state index contributed by atoms with van der Waals surface area (Å²) in [5.41, 5.74) is 0.800. The van der Waals surface area contributed by atoms with Gasteiger partial charge in [0, 0.05) is 24.3 Å². The molecule has 0 bridgehead atoms. The van der Waals surface area contributed by atoms with E-state index in [4.69, 9.17) is 23.2 Å². The van der Waals surface area contributed by atoms with E-state index in [2.05, 4.69) is 4.72 Å². The van der Waals surface area contributed by atoms with Crippen LogP contribution in [0.15, 0.2) is 47.4 Å². The fourth-order valence-corrected chi connectivity index (χ4v) is 4.52. The number of sulfonamides is 1. The Morgan fingerprint density at radius 1 is 1.00 bits per heavy atom. The predicted octanol–water partition coefficient (Wildman–Crippen LogP) is 4.28. The molecule has 25 heavy (non-hydrogen) atoms. The van der Waals surface area contributed by atoms with E-state index < -0.39 is 10.0 Å². The normalized spacial score (nSPS) is 11.2. The van der Waals surface area contributed by atoms with Gasteiger partial charge in [0.1, 0.15) is 4.90 Å². The molecule has 1 amide bonds. The van der Waals surface area contributed by atoms with Crippen molar-refractivity contribution < 1.29 is 13.2 Å². The lowest BCUT2D eigenvalue weighted by atomic mass is 10.2. The lowest BCUT2D eigenvalue weighted by Crippen LogP contribution is -2.30. The standard InChI is InChI=1S/C17H18Cl2N2O3S/c1-3-21(4-2)17(22)12-8-10-13(11-9-12)20-25(23,24)16-14(18)6-5-7-15(16)19/h5-11,20H,3-4H2,1-2H3. The Morgan fingerprint density at radius 2 is 1.52 bits per heavy atom. The summed E-state index contributed by atoms with van der Waals surface area (Å²) in [6, 6.07) is 10.7. The Balaban J connectivity index is 2.25. The third kappa shape index (κ3) is 4.45. The Morgan fingerprint density at radius 3 is 2.00 bits per heavy atom. The van der Waals surface area contributed by atoms with Gasteiger partial charge in [-0.2, -0.15) is 0 Å². The van der Waals surface area contributed by atoms with Gasteiger partial charge in [-0.05, 0) is 50.2 Å². The maximum atomic E-state index is 12.5. The molecule has 5 nitrogen and oxygen atoms in total. The summed E-state index contributed by atoms with van der Waals surface area (Å²) in [7, 11) is -3.94. The van der Waals surface area contributed by atoms with Crippen LogP contribution >= 0.6 is 23.2 Å². The molecule has 2 rings (SSSR count). The topological polar surface area (TPSA) is 66.5 Å². The third-order valence-electron chi connectivity index (χ3n) is 3.62. The minimum Gasteiger partial charge on any atom is -0.339 e. The van der Waals surface area contributed by atoms with Crippen molar-refractivity contribution in [1.29, 1.82) is 0 Å². The van der Waals surface area contributed by atoms with Gasteiger partial charge in [-0.15, -0.1) is 0 Å². The quantitative estimate of drug-likeness (QED) is 0.786. The molecule has 0 radical (unpaired) electrons. The number of benzene rings is 2. The first-order valence-corrected chi connectivity index (χ1v) is 9.90. The Hall–Kier alpha value is -1.76. The molecule has 0 aliphatic rings. The van der Waals surface area contributed by atoms with Crippen molar-refractivity contribution in [1.82, 2.24) is 4.90 Å². The van der Waals surface area contributed by atoms with Gasteiger partial charge < -0.3 is 4.90 Å². The number of rotatable bonds is 6. The van der Waals surface area contributed by atoms with E-state index in [0.717, 1.165) is 0 Å². The number of hydrogen-bond acceptors (Lipinski definition) is 3. The van der Waals surface area contributed by atoms with Crippen molar-refractivity contribution in [2.45, 2.75) is 18.7 Å². The average molecular weight is 401 g/mol. The molecule has 0 saturated carbocycles. The lowest BCUT2D eigenvalue weighted by Gasteiger charge is -2.18. The van der Waals surface area contributed by atoms with E-state index in [9.17, 15) is 13.2 Å². The van der Waals surface area contributed by atoms with Crippen LogP contribution in [0.1, 0.15) is 24.2 Å². The molecule has 0 spiro atoms. The molecule has 8 heteroatoms. The molecular formula is C17H18Cl2N2O3S. The maximum Gasteiger partial charge on any atom is 0.264 e. The van der Waals surface area contributed by atoms with Crippen LogP contribution in [-0.2, 0) is 10.0 Å². The molecule has 1 N–H and O–H groups in total. The molecule has 0 saturated heterocycles. The molecule has 0 unspecified atom stereocenters. The van der Waals surface area contributed by atoms with Gasteiger partial charge >= 0.3 is 0 Å². The molecule has 2 aromatic rings. The highest BCUT2D eigenvalue weighted by atomic mass is 35.5. The number of hydrogen-bond donors (Lipinski definition) is 1. The van der Waals surface area contributed by atoms with Gasteiger partial charge in [0.2, 0.25) is 0 Å². The van der Waals surface area contributed by atoms with Gasteiger partial charge in [0.15, 0.2) is 0 Å². The SMILES string of the molecule is CCN(CC)C(=O)c1ccc(NS(=O)(=O)c2c(Cl)cccc2Cl)cc1. The minimum absolute atomic E-state index is 0.0355. The highest BCUT2D eigenvalue weighted by molar-refractivity contribution is 7.93. The highest BCUT2D eigenvalue weighted by Gasteiger charge is 2.22. The molecule has 0 heterocycles. The monoisotopic (exact) mass is 400 g/mol. The van der Waals surface area contributed by atoms with Gasteiger partial charge in [0.25, 0.3) is 15.9 Å². The van der Waals surface area contributed by atoms with E-state index in [-0.39, 0.29) is 20.8 Å². The molecule has 0 aliphatic heterocycles. The predicted molar refractivity (Wildman–Crippen MR) is 101 cm³/mol. The Bertz CT molecular complexity index is 844. The number of halogens is 2. The fraction of sp³-hybridized carbons (Fsp3) is 0.235. The van der Waals surface area contributed by atoms with E-state index in [1.54, 1.807) is 23.1 Å². The molecular weight excluding hydrogens is 383 g/mol. The first-order chi connectivity index (χ1) is 11.8. The summed E-state index contributed by atoms with van der Waals surface area (Å²) in [6.45, 7) is 5.01. The number of nitrogens with one attached hydrogen (secondary N) is 1. The van der Waals surface area contributed by atoms with Gasteiger partial charge in [-0.25, -0.2) is 8.42 Å². The lowest BCUT2D eigenvalue weighted by molar-refractivity contribution is 0.0773. The smallest absolute Gasteiger partial charge is 0.264 e. The average Bonchev–Trinajstić information content (AvgIpc) is 2.55. The summed E-state index contributed by atoms with van der Waals surface area (Å²) in [5.74, 6) is -0.103. The summed E-state index contributed by atoms with van der Waals surface area (Å²) in [6.07, 6.45) is 0. The van der Waals surface area contributed by atoms with Crippen LogP contribution < -0.4 is 4.72 Å². The number of carbonyl (C=O) groups is 1. The molecule has 0 aliphatic carbocycles. The zero-order valence-corrected chi connectivity index (χ0v) is 16.1. The van der Waals surface area contributed by atoms with Crippen LogP contribution in [0, 0.1) is 0 Å². The van der Waals surface area contributed by atoms with E-state index in [1.165, 1.54) is 24.3 Å². The summed E-state index contributed by atoms with van der Waals surface area (Å²) in [5, 5.41) is 0.0710. The van der Waals surface area contributed by atoms with Gasteiger partial charge in [-0.3, -0.25) is 9.52 Å². The first-order valence-electron chi connectivity index (χ1n) is 7.66. The van der Waals surface area contributed by atoms with Crippen molar-refractivity contribution in [3.8, 4) is 0 Å². The second-order valence-corrected chi connectivity index (χ2v) is 7.64. The van der Waals surface area contributed by atoms with Crippen molar-refractivity contribution in [2.24, 2.45) is 0 Å². The van der Waals surface area contributed by atoms with Crippen molar-refractivity contribution in [3.05, 3.63) is 58.1 Å². The van der Waals surface area contributed by atoms with Crippen LogP contribution in [0.4, 0.5) is 5.69 Å². The molecule has 2 aromatic carbocycles. The number of amides is 1. The number of anilines is 1. The molecule has 0 aromatic heterocycles. The summed E-state index contributed by atoms with van der Waals surface area (Å²) < 4.78 is 27.4. The largest absolute Gasteiger partial charge is 0.339 e. The van der Waals surface area contributed by atoms with Gasteiger partial charge in [-0.1, -0.05) is 29.3 Å². The van der Waals surface area contributed by atoms with E-state index in [0.29, 0.717) is 24.3 Å². The fourth-order valence-electron chi connectivity index (χ4n) is 2.32. The molecule has 134 valence electrons. The van der Waals surface area contributed by atoms with Crippen LogP contribution in [0.25, 0.3) is 0 Å². The second kappa shape index (κ2) is 8.08. The van der Waals surface area contributed by atoms with Crippen molar-refractivity contribution in [3.63, 3.8) is 0 Å². The van der Waals surface area contributed by atoms with Crippen LogP contribution in [-0.4, -0.2) is 32.3 Å². The van der Waals surface area contributed by atoms with Crippen LogP contribution in [0.3, 0.4) is 0 Å². The van der Waals surface area contributed by atoms with Crippen molar-refractivity contribution >= 4 is 44.8 Å². The summed E-state index contributed by atoms with van der Waals surface area (Å²) >= 11 is 11.9. The highest BCUT2D eigenvalue weighted by Crippen LogP contribution is 2.30. The van der Waals surface area contributed by atoms with Crippen molar-refractivity contribution in [2.75, 3.05) is 17.8 Å². The Labute approximate surface area is 157 Å². The number of carbonyl (C=O) groups excluding carboxylic acids is 1. The zero-order valence-electron chi connectivity index (χ0n) is 13.8. The third-order valence-corrected chi connectivity index (χ3v) is 5.96. The summed E-state index contributed by atoms with van der Waals surface area (Å²) in [4.78, 5) is 13.8. The Kier molecular flexibility index (Phi) is 6.32. The minimum atomic E-state index is -3.94.